The number of fused-ring (bicyclic) bond motifs is 3. The van der Waals surface area contributed by atoms with Crippen LogP contribution in [0.15, 0.2) is 140 Å². The lowest BCUT2D eigenvalue weighted by Crippen LogP contribution is -2.01. The van der Waals surface area contributed by atoms with Gasteiger partial charge in [0.05, 0.1) is 39.7 Å². The maximum absolute atomic E-state index is 9.66. The molecule has 8 aromatic rings. The number of nitrogens with zero attached hydrogens (tertiary/aromatic N) is 5. The first-order chi connectivity index (χ1) is 21.7. The average Bonchev–Trinajstić information content (AvgIpc) is 3.10. The summed E-state index contributed by atoms with van der Waals surface area (Å²) in [5, 5.41) is 14.1. The van der Waals surface area contributed by atoms with E-state index in [0.29, 0.717) is 28.5 Å². The van der Waals surface area contributed by atoms with Crippen molar-refractivity contribution in [1.82, 2.24) is 19.9 Å². The predicted octanol–water partition coefficient (Wildman–Crippen LogP) is 9.27. The molecular weight excluding hydrogens is 538 g/mol. The van der Waals surface area contributed by atoms with Gasteiger partial charge in [0.25, 0.3) is 0 Å². The topological polar surface area (TPSA) is 75.3 Å². The standard InChI is InChI=1S/C39H23N5/c40-24-25-10-7-15-28(22-25)37-38(42-34-21-6-5-20-33(34)41-37)36-23-35(31-18-8-13-26-11-1-3-16-29(26)31)43-39(44-36)32-19-9-14-27-12-2-4-17-30(27)32/h1-23H. The van der Waals surface area contributed by atoms with Crippen LogP contribution >= 0.6 is 0 Å². The fraction of sp³-hybridized carbons (Fsp3) is 0. The van der Waals surface area contributed by atoms with Crippen LogP contribution in [-0.4, -0.2) is 19.9 Å². The summed E-state index contributed by atoms with van der Waals surface area (Å²) >= 11 is 0. The Hall–Kier alpha value is -6.25. The van der Waals surface area contributed by atoms with Crippen LogP contribution in [0, 0.1) is 11.3 Å². The Labute approximate surface area is 253 Å². The fourth-order valence-electron chi connectivity index (χ4n) is 5.81. The monoisotopic (exact) mass is 561 g/mol. The Morgan fingerprint density at radius 3 is 1.75 bits per heavy atom. The van der Waals surface area contributed by atoms with E-state index in [4.69, 9.17) is 19.9 Å². The van der Waals surface area contributed by atoms with Crippen molar-refractivity contribution in [1.29, 1.82) is 5.26 Å². The first-order valence-electron chi connectivity index (χ1n) is 14.4. The van der Waals surface area contributed by atoms with Crippen molar-refractivity contribution in [3.63, 3.8) is 0 Å². The molecule has 5 nitrogen and oxygen atoms in total. The van der Waals surface area contributed by atoms with Gasteiger partial charge in [-0.3, -0.25) is 0 Å². The summed E-state index contributed by atoms with van der Waals surface area (Å²) in [5.41, 5.74) is 7.57. The smallest absolute Gasteiger partial charge is 0.161 e. The van der Waals surface area contributed by atoms with E-state index in [2.05, 4.69) is 66.7 Å². The summed E-state index contributed by atoms with van der Waals surface area (Å²) in [5.74, 6) is 0.605. The second kappa shape index (κ2) is 10.5. The lowest BCUT2D eigenvalue weighted by Gasteiger charge is -2.14. The molecule has 0 atom stereocenters. The van der Waals surface area contributed by atoms with Crippen molar-refractivity contribution in [3.8, 4) is 51.4 Å². The molecule has 0 saturated heterocycles. The van der Waals surface area contributed by atoms with Crippen LogP contribution in [0.5, 0.6) is 0 Å². The van der Waals surface area contributed by atoms with E-state index in [-0.39, 0.29) is 0 Å². The third kappa shape index (κ3) is 4.43. The molecule has 0 saturated carbocycles. The van der Waals surface area contributed by atoms with Crippen molar-refractivity contribution in [3.05, 3.63) is 145 Å². The minimum Gasteiger partial charge on any atom is -0.244 e. The fourth-order valence-corrected chi connectivity index (χ4v) is 5.81. The maximum Gasteiger partial charge on any atom is 0.161 e. The van der Waals surface area contributed by atoms with Crippen LogP contribution in [0.2, 0.25) is 0 Å². The molecule has 0 N–H and O–H groups in total. The summed E-state index contributed by atoms with van der Waals surface area (Å²) in [6.07, 6.45) is 0. The van der Waals surface area contributed by atoms with Crippen LogP contribution in [0.3, 0.4) is 0 Å². The number of hydrogen-bond donors (Lipinski definition) is 0. The van der Waals surface area contributed by atoms with Gasteiger partial charge in [0.15, 0.2) is 5.82 Å². The molecule has 2 aromatic heterocycles. The zero-order valence-electron chi connectivity index (χ0n) is 23.5. The Bertz CT molecular complexity index is 2310. The van der Waals surface area contributed by atoms with Crippen LogP contribution in [-0.2, 0) is 0 Å². The zero-order chi connectivity index (χ0) is 29.5. The Kier molecular flexibility index (Phi) is 6.10. The minimum absolute atomic E-state index is 0.555. The SMILES string of the molecule is N#Cc1cccc(-c2nc3ccccc3nc2-c2cc(-c3cccc4ccccc34)nc(-c3cccc4ccccc34)n2)c1. The maximum atomic E-state index is 9.66. The van der Waals surface area contributed by atoms with Gasteiger partial charge in [0.1, 0.15) is 5.69 Å². The summed E-state index contributed by atoms with van der Waals surface area (Å²) in [7, 11) is 0. The highest BCUT2D eigenvalue weighted by atomic mass is 14.9. The van der Waals surface area contributed by atoms with E-state index in [1.54, 1.807) is 6.07 Å². The van der Waals surface area contributed by atoms with Gasteiger partial charge >= 0.3 is 0 Å². The number of aromatic nitrogens is 4. The summed E-state index contributed by atoms with van der Waals surface area (Å²) in [6.45, 7) is 0. The highest BCUT2D eigenvalue weighted by molar-refractivity contribution is 5.99. The molecule has 0 fully saturated rings. The van der Waals surface area contributed by atoms with Crippen molar-refractivity contribution < 1.29 is 0 Å². The number of nitriles is 1. The van der Waals surface area contributed by atoms with Gasteiger partial charge in [0, 0.05) is 16.7 Å². The molecule has 204 valence electrons. The Morgan fingerprint density at radius 2 is 1.02 bits per heavy atom. The largest absolute Gasteiger partial charge is 0.244 e. The molecule has 0 spiro atoms. The van der Waals surface area contributed by atoms with Crippen LogP contribution in [0.25, 0.3) is 77.9 Å². The molecule has 0 bridgehead atoms. The third-order valence-electron chi connectivity index (χ3n) is 7.90. The van der Waals surface area contributed by atoms with Crippen LogP contribution in [0.1, 0.15) is 5.56 Å². The average molecular weight is 562 g/mol. The van der Waals surface area contributed by atoms with Gasteiger partial charge in [-0.15, -0.1) is 0 Å². The second-order valence-corrected chi connectivity index (χ2v) is 10.6. The van der Waals surface area contributed by atoms with Gasteiger partial charge in [-0.25, -0.2) is 19.9 Å². The molecule has 0 unspecified atom stereocenters. The third-order valence-corrected chi connectivity index (χ3v) is 7.90. The van der Waals surface area contributed by atoms with E-state index in [9.17, 15) is 5.26 Å². The van der Waals surface area contributed by atoms with Gasteiger partial charge in [0.2, 0.25) is 0 Å². The highest BCUT2D eigenvalue weighted by Crippen LogP contribution is 2.36. The van der Waals surface area contributed by atoms with E-state index >= 15 is 0 Å². The zero-order valence-corrected chi connectivity index (χ0v) is 23.5. The van der Waals surface area contributed by atoms with Crippen molar-refractivity contribution in [2.24, 2.45) is 0 Å². The number of hydrogen-bond acceptors (Lipinski definition) is 5. The van der Waals surface area contributed by atoms with Crippen molar-refractivity contribution >= 4 is 32.6 Å². The van der Waals surface area contributed by atoms with E-state index < -0.39 is 0 Å². The van der Waals surface area contributed by atoms with Gasteiger partial charge in [-0.1, -0.05) is 109 Å². The van der Waals surface area contributed by atoms with Gasteiger partial charge in [-0.05, 0) is 51.9 Å². The molecule has 0 radical (unpaired) electrons. The Morgan fingerprint density at radius 1 is 0.455 bits per heavy atom. The molecule has 0 amide bonds. The molecule has 2 heterocycles. The predicted molar refractivity (Wildman–Crippen MR) is 177 cm³/mol. The van der Waals surface area contributed by atoms with Gasteiger partial charge in [-0.2, -0.15) is 5.26 Å². The first-order valence-corrected chi connectivity index (χ1v) is 14.4. The highest BCUT2D eigenvalue weighted by Gasteiger charge is 2.19. The Balaban J connectivity index is 1.46. The van der Waals surface area contributed by atoms with E-state index in [1.165, 1.54) is 0 Å². The van der Waals surface area contributed by atoms with Crippen LogP contribution < -0.4 is 0 Å². The summed E-state index contributed by atoms with van der Waals surface area (Å²) < 4.78 is 0. The molecule has 0 aliphatic carbocycles. The molecule has 5 heteroatoms. The molecular formula is C39H23N5. The second-order valence-electron chi connectivity index (χ2n) is 10.6. The first kappa shape index (κ1) is 25.5. The van der Waals surface area contributed by atoms with Crippen molar-refractivity contribution in [2.75, 3.05) is 0 Å². The molecule has 44 heavy (non-hydrogen) atoms. The lowest BCUT2D eigenvalue weighted by molar-refractivity contribution is 1.17. The minimum atomic E-state index is 0.555. The quantitative estimate of drug-likeness (QED) is 0.214. The van der Waals surface area contributed by atoms with E-state index in [1.807, 2.05) is 72.8 Å². The normalized spacial score (nSPS) is 11.2. The van der Waals surface area contributed by atoms with Crippen LogP contribution in [0.4, 0.5) is 0 Å². The molecule has 0 aliphatic rings. The molecule has 0 aliphatic heterocycles. The lowest BCUT2D eigenvalue weighted by atomic mass is 9.99. The van der Waals surface area contributed by atoms with Crippen molar-refractivity contribution in [2.45, 2.75) is 0 Å². The number of benzene rings is 6. The van der Waals surface area contributed by atoms with Gasteiger partial charge < -0.3 is 0 Å². The number of para-hydroxylation sites is 2. The number of rotatable bonds is 4. The molecule has 6 aromatic carbocycles. The summed E-state index contributed by atoms with van der Waals surface area (Å²) in [6, 6.07) is 48.7. The summed E-state index contributed by atoms with van der Waals surface area (Å²) in [4.78, 5) is 20.6. The molecule has 8 rings (SSSR count). The van der Waals surface area contributed by atoms with E-state index in [0.717, 1.165) is 55.0 Å².